The van der Waals surface area contributed by atoms with Gasteiger partial charge in [-0.1, -0.05) is 11.6 Å². The Balaban J connectivity index is 1.44. The molecule has 2 aromatic heterocycles. The Morgan fingerprint density at radius 2 is 1.79 bits per heavy atom. The minimum atomic E-state index is 0.444. The van der Waals surface area contributed by atoms with Crippen LogP contribution in [0.25, 0.3) is 10.2 Å². The van der Waals surface area contributed by atoms with Gasteiger partial charge >= 0.3 is 0 Å². The minimum Gasteiger partial charge on any atom is -0.490 e. The molecule has 0 bridgehead atoms. The average molecular weight is 361 g/mol. The highest BCUT2D eigenvalue weighted by Gasteiger charge is 2.20. The molecule has 0 radical (unpaired) electrons. The van der Waals surface area contributed by atoms with E-state index < -0.39 is 0 Å². The van der Waals surface area contributed by atoms with Gasteiger partial charge in [0, 0.05) is 9.90 Å². The summed E-state index contributed by atoms with van der Waals surface area (Å²) in [5.74, 6) is 1.46. The van der Waals surface area contributed by atoms with Gasteiger partial charge in [0.2, 0.25) is 5.88 Å². The lowest BCUT2D eigenvalue weighted by Crippen LogP contribution is -2.10. The number of hydrogen-bond acceptors (Lipinski definition) is 5. The summed E-state index contributed by atoms with van der Waals surface area (Å²) in [6, 6.07) is 7.31. The van der Waals surface area contributed by atoms with Crippen LogP contribution in [0, 0.1) is 0 Å². The third kappa shape index (κ3) is 3.19. The first-order valence-electron chi connectivity index (χ1n) is 8.07. The number of halogens is 1. The largest absolute Gasteiger partial charge is 0.490 e. The van der Waals surface area contributed by atoms with E-state index in [1.807, 2.05) is 24.3 Å². The van der Waals surface area contributed by atoms with Gasteiger partial charge in [-0.15, -0.1) is 11.3 Å². The molecule has 0 aliphatic heterocycles. The highest BCUT2D eigenvalue weighted by molar-refractivity contribution is 7.18. The molecule has 24 heavy (non-hydrogen) atoms. The number of fused-ring (bicyclic) bond motifs is 3. The van der Waals surface area contributed by atoms with Crippen LogP contribution in [-0.4, -0.2) is 23.2 Å². The van der Waals surface area contributed by atoms with E-state index in [1.165, 1.54) is 23.3 Å². The summed E-state index contributed by atoms with van der Waals surface area (Å²) in [5, 5.41) is 1.80. The fourth-order valence-corrected chi connectivity index (χ4v) is 4.34. The summed E-state index contributed by atoms with van der Waals surface area (Å²) < 4.78 is 11.6. The van der Waals surface area contributed by atoms with E-state index in [9.17, 15) is 0 Å². The number of aromatic nitrogens is 2. The van der Waals surface area contributed by atoms with Gasteiger partial charge in [0.15, 0.2) is 0 Å². The SMILES string of the molecule is Clc1ccc(OCCOc2ncnc3sc4c(c23)CCCC4)cc1. The molecular formula is C18H17ClN2O2S. The second-order valence-electron chi connectivity index (χ2n) is 5.72. The zero-order valence-corrected chi connectivity index (χ0v) is 14.7. The highest BCUT2D eigenvalue weighted by Crippen LogP contribution is 2.38. The van der Waals surface area contributed by atoms with E-state index in [0.29, 0.717) is 24.1 Å². The second kappa shape index (κ2) is 6.95. The molecule has 0 atom stereocenters. The molecule has 4 rings (SSSR count). The third-order valence-electron chi connectivity index (χ3n) is 4.12. The van der Waals surface area contributed by atoms with Crippen LogP contribution in [0.15, 0.2) is 30.6 Å². The van der Waals surface area contributed by atoms with Crippen LogP contribution in [0.4, 0.5) is 0 Å². The van der Waals surface area contributed by atoms with E-state index >= 15 is 0 Å². The topological polar surface area (TPSA) is 44.2 Å². The number of ether oxygens (including phenoxy) is 2. The number of benzene rings is 1. The number of rotatable bonds is 5. The average Bonchev–Trinajstić information content (AvgIpc) is 2.99. The molecule has 1 aliphatic carbocycles. The van der Waals surface area contributed by atoms with Crippen molar-refractivity contribution in [3.05, 3.63) is 46.1 Å². The lowest BCUT2D eigenvalue weighted by molar-refractivity contribution is 0.213. The zero-order valence-electron chi connectivity index (χ0n) is 13.1. The van der Waals surface area contributed by atoms with Gasteiger partial charge in [-0.3, -0.25) is 0 Å². The van der Waals surface area contributed by atoms with Crippen molar-refractivity contribution in [2.45, 2.75) is 25.7 Å². The van der Waals surface area contributed by atoms with Crippen LogP contribution in [0.1, 0.15) is 23.3 Å². The van der Waals surface area contributed by atoms with E-state index in [4.69, 9.17) is 21.1 Å². The van der Waals surface area contributed by atoms with E-state index in [1.54, 1.807) is 17.7 Å². The summed E-state index contributed by atoms with van der Waals surface area (Å²) in [5.41, 5.74) is 1.38. The van der Waals surface area contributed by atoms with Crippen LogP contribution in [-0.2, 0) is 12.8 Å². The van der Waals surface area contributed by atoms with Crippen molar-refractivity contribution < 1.29 is 9.47 Å². The maximum Gasteiger partial charge on any atom is 0.225 e. The van der Waals surface area contributed by atoms with Crippen molar-refractivity contribution in [2.24, 2.45) is 0 Å². The Labute approximate surface area is 149 Å². The fraction of sp³-hybridized carbons (Fsp3) is 0.333. The maximum atomic E-state index is 5.89. The minimum absolute atomic E-state index is 0.444. The molecule has 0 spiro atoms. The molecule has 4 nitrogen and oxygen atoms in total. The van der Waals surface area contributed by atoms with Gasteiger partial charge in [0.1, 0.15) is 30.1 Å². The van der Waals surface area contributed by atoms with Gasteiger partial charge in [0.25, 0.3) is 0 Å². The van der Waals surface area contributed by atoms with Crippen molar-refractivity contribution in [3.63, 3.8) is 0 Å². The van der Waals surface area contributed by atoms with Crippen LogP contribution < -0.4 is 9.47 Å². The molecule has 0 saturated carbocycles. The number of aryl methyl sites for hydroxylation is 2. The number of thiophene rings is 1. The molecule has 0 unspecified atom stereocenters. The standard InChI is InChI=1S/C18H17ClN2O2S/c19-12-5-7-13(8-6-12)22-9-10-23-17-16-14-3-1-2-4-15(14)24-18(16)21-11-20-17/h5-8,11H,1-4,9-10H2. The quantitative estimate of drug-likeness (QED) is 0.619. The van der Waals surface area contributed by atoms with Crippen molar-refractivity contribution >= 4 is 33.2 Å². The smallest absolute Gasteiger partial charge is 0.225 e. The first-order valence-corrected chi connectivity index (χ1v) is 9.27. The Morgan fingerprint density at radius 3 is 2.67 bits per heavy atom. The molecule has 1 aliphatic rings. The summed E-state index contributed by atoms with van der Waals surface area (Å²) >= 11 is 7.64. The molecule has 0 fully saturated rings. The molecule has 2 heterocycles. The molecule has 0 N–H and O–H groups in total. The van der Waals surface area contributed by atoms with Crippen LogP contribution >= 0.6 is 22.9 Å². The zero-order chi connectivity index (χ0) is 16.4. The first kappa shape index (κ1) is 15.7. The summed E-state index contributed by atoms with van der Waals surface area (Å²) in [4.78, 5) is 11.2. The number of hydrogen-bond donors (Lipinski definition) is 0. The Morgan fingerprint density at radius 1 is 1.00 bits per heavy atom. The lowest BCUT2D eigenvalue weighted by atomic mass is 9.97. The molecule has 124 valence electrons. The van der Waals surface area contributed by atoms with E-state index in [0.717, 1.165) is 28.8 Å². The van der Waals surface area contributed by atoms with E-state index in [-0.39, 0.29) is 0 Å². The van der Waals surface area contributed by atoms with Crippen molar-refractivity contribution in [2.75, 3.05) is 13.2 Å². The van der Waals surface area contributed by atoms with Gasteiger partial charge < -0.3 is 9.47 Å². The van der Waals surface area contributed by atoms with Gasteiger partial charge in [-0.05, 0) is 55.5 Å². The van der Waals surface area contributed by atoms with Crippen LogP contribution in [0.5, 0.6) is 11.6 Å². The Bertz CT molecular complexity index is 848. The molecule has 0 amide bonds. The van der Waals surface area contributed by atoms with E-state index in [2.05, 4.69) is 9.97 Å². The first-order chi connectivity index (χ1) is 11.8. The molecule has 3 aromatic rings. The Hall–Kier alpha value is -1.85. The lowest BCUT2D eigenvalue weighted by Gasteiger charge is -2.12. The molecule has 0 saturated heterocycles. The van der Waals surface area contributed by atoms with Crippen molar-refractivity contribution in [3.8, 4) is 11.6 Å². The molecule has 1 aromatic carbocycles. The third-order valence-corrected chi connectivity index (χ3v) is 5.57. The maximum absolute atomic E-state index is 5.89. The molecular weight excluding hydrogens is 344 g/mol. The second-order valence-corrected chi connectivity index (χ2v) is 7.24. The van der Waals surface area contributed by atoms with Gasteiger partial charge in [-0.25, -0.2) is 9.97 Å². The van der Waals surface area contributed by atoms with Crippen LogP contribution in [0.2, 0.25) is 5.02 Å². The fourth-order valence-electron chi connectivity index (χ4n) is 3.00. The Kier molecular flexibility index (Phi) is 4.54. The summed E-state index contributed by atoms with van der Waals surface area (Å²) in [6.07, 6.45) is 6.32. The predicted octanol–water partition coefficient (Wildman–Crippen LogP) is 4.68. The summed E-state index contributed by atoms with van der Waals surface area (Å²) in [6.45, 7) is 0.902. The van der Waals surface area contributed by atoms with Crippen LogP contribution in [0.3, 0.4) is 0 Å². The van der Waals surface area contributed by atoms with Gasteiger partial charge in [-0.2, -0.15) is 0 Å². The van der Waals surface area contributed by atoms with Gasteiger partial charge in [0.05, 0.1) is 5.39 Å². The highest BCUT2D eigenvalue weighted by atomic mass is 35.5. The molecule has 6 heteroatoms. The predicted molar refractivity (Wildman–Crippen MR) is 96.5 cm³/mol. The van der Waals surface area contributed by atoms with Crippen molar-refractivity contribution in [1.82, 2.24) is 9.97 Å². The summed E-state index contributed by atoms with van der Waals surface area (Å²) in [7, 11) is 0. The monoisotopic (exact) mass is 360 g/mol. The number of nitrogens with zero attached hydrogens (tertiary/aromatic N) is 2. The van der Waals surface area contributed by atoms with Crippen molar-refractivity contribution in [1.29, 1.82) is 0 Å². The normalized spacial score (nSPS) is 13.7.